The number of rotatable bonds is 7. The van der Waals surface area contributed by atoms with Gasteiger partial charge in [-0.3, -0.25) is 14.0 Å². The van der Waals surface area contributed by atoms with Gasteiger partial charge in [0, 0.05) is 25.1 Å². The smallest absolute Gasteiger partial charge is 0.291 e. The second-order valence-corrected chi connectivity index (χ2v) is 7.48. The maximum Gasteiger partial charge on any atom is 0.291 e. The van der Waals surface area contributed by atoms with Gasteiger partial charge in [0.1, 0.15) is 28.9 Å². The molecule has 8 nitrogen and oxygen atoms in total. The maximum atomic E-state index is 13.2. The van der Waals surface area contributed by atoms with E-state index in [1.54, 1.807) is 13.2 Å². The van der Waals surface area contributed by atoms with Crippen LogP contribution >= 0.6 is 0 Å². The molecule has 0 aliphatic rings. The summed E-state index contributed by atoms with van der Waals surface area (Å²) >= 11 is 0. The summed E-state index contributed by atoms with van der Waals surface area (Å²) in [5.41, 5.74) is 2.55. The Morgan fingerprint density at radius 2 is 1.94 bits per heavy atom. The monoisotopic (exact) mass is 422 g/mol. The first kappa shape index (κ1) is 20.7. The lowest BCUT2D eigenvalue weighted by atomic mass is 10.2. The molecule has 4 aromatic rings. The summed E-state index contributed by atoms with van der Waals surface area (Å²) in [6, 6.07) is 10.4. The summed E-state index contributed by atoms with van der Waals surface area (Å²) in [6.45, 7) is 6.07. The van der Waals surface area contributed by atoms with Gasteiger partial charge in [-0.2, -0.15) is 5.10 Å². The largest absolute Gasteiger partial charge is 0.497 e. The first-order valence-electron chi connectivity index (χ1n) is 10.4. The molecule has 8 heteroatoms. The number of hydrogen-bond donors (Lipinski definition) is 1. The molecule has 0 spiro atoms. The molecule has 0 unspecified atom stereocenters. The molecule has 0 saturated carbocycles. The Bertz CT molecular complexity index is 1300. The van der Waals surface area contributed by atoms with E-state index < -0.39 is 6.04 Å². The van der Waals surface area contributed by atoms with E-state index in [1.807, 2.05) is 55.5 Å². The standard InChI is InChI=1S/C23H26N4O4/c1-5-17(22(28)24-13-15-7-9-16(30-4)10-8-15)27-23(29)19-12-20-18(11-14(3)31-20)26(19)21(6-2)25-27/h7-12,17H,5-6,13H2,1-4H3,(H,24,28)/t17-/m1/s1. The van der Waals surface area contributed by atoms with Gasteiger partial charge in [0.25, 0.3) is 5.56 Å². The predicted molar refractivity (Wildman–Crippen MR) is 118 cm³/mol. The van der Waals surface area contributed by atoms with Gasteiger partial charge in [-0.25, -0.2) is 4.68 Å². The van der Waals surface area contributed by atoms with Crippen LogP contribution in [-0.2, 0) is 17.8 Å². The molecule has 1 N–H and O–H groups in total. The fourth-order valence-corrected chi connectivity index (χ4v) is 3.84. The van der Waals surface area contributed by atoms with E-state index in [0.29, 0.717) is 36.3 Å². The minimum atomic E-state index is -0.705. The minimum Gasteiger partial charge on any atom is -0.497 e. The molecule has 3 aromatic heterocycles. The van der Waals surface area contributed by atoms with Gasteiger partial charge in [-0.15, -0.1) is 0 Å². The van der Waals surface area contributed by atoms with Crippen molar-refractivity contribution in [2.24, 2.45) is 0 Å². The van der Waals surface area contributed by atoms with Gasteiger partial charge >= 0.3 is 0 Å². The molecule has 0 aliphatic carbocycles. The van der Waals surface area contributed by atoms with Crippen LogP contribution in [-0.4, -0.2) is 27.2 Å². The lowest BCUT2D eigenvalue weighted by Crippen LogP contribution is -2.39. The zero-order chi connectivity index (χ0) is 22.1. The Kier molecular flexibility index (Phi) is 5.54. The fourth-order valence-electron chi connectivity index (χ4n) is 3.84. The molecule has 31 heavy (non-hydrogen) atoms. The van der Waals surface area contributed by atoms with Crippen molar-refractivity contribution in [3.63, 3.8) is 0 Å². The normalized spacial score (nSPS) is 12.4. The number of methoxy groups -OCH3 is 1. The number of aryl methyl sites for hydroxylation is 2. The topological polar surface area (TPSA) is 90.8 Å². The Balaban J connectivity index is 1.66. The number of carbonyl (C=O) groups excluding carboxylic acids is 1. The molecule has 0 aliphatic heterocycles. The van der Waals surface area contributed by atoms with Crippen molar-refractivity contribution < 1.29 is 13.9 Å². The van der Waals surface area contributed by atoms with Gasteiger partial charge in [-0.1, -0.05) is 26.0 Å². The molecule has 162 valence electrons. The number of ether oxygens (including phenoxy) is 1. The summed E-state index contributed by atoms with van der Waals surface area (Å²) in [5, 5.41) is 7.49. The number of aromatic nitrogens is 3. The third kappa shape index (κ3) is 3.69. The molecule has 3 heterocycles. The van der Waals surface area contributed by atoms with Crippen molar-refractivity contribution in [3.8, 4) is 5.75 Å². The van der Waals surface area contributed by atoms with Crippen LogP contribution in [0.2, 0.25) is 0 Å². The number of carbonyl (C=O) groups is 1. The van der Waals surface area contributed by atoms with Crippen molar-refractivity contribution in [3.05, 3.63) is 63.9 Å². The van der Waals surface area contributed by atoms with E-state index in [2.05, 4.69) is 10.4 Å². The van der Waals surface area contributed by atoms with Gasteiger partial charge < -0.3 is 14.5 Å². The van der Waals surface area contributed by atoms with Crippen LogP contribution in [0.15, 0.2) is 45.6 Å². The first-order valence-corrected chi connectivity index (χ1v) is 10.4. The molecule has 0 radical (unpaired) electrons. The highest BCUT2D eigenvalue weighted by Crippen LogP contribution is 2.24. The Labute approximate surface area is 179 Å². The molecule has 0 fully saturated rings. The van der Waals surface area contributed by atoms with E-state index in [1.165, 1.54) is 4.68 Å². The third-order valence-corrected chi connectivity index (χ3v) is 5.45. The van der Waals surface area contributed by atoms with Gasteiger partial charge in [-0.05, 0) is 31.0 Å². The molecule has 1 atom stereocenters. The predicted octanol–water partition coefficient (Wildman–Crippen LogP) is 3.39. The molecule has 0 bridgehead atoms. The van der Waals surface area contributed by atoms with Crippen LogP contribution in [0.4, 0.5) is 0 Å². The minimum absolute atomic E-state index is 0.245. The van der Waals surface area contributed by atoms with Crippen LogP contribution in [0.25, 0.3) is 16.6 Å². The van der Waals surface area contributed by atoms with E-state index in [0.717, 1.165) is 22.6 Å². The number of furan rings is 1. The maximum absolute atomic E-state index is 13.2. The average molecular weight is 422 g/mol. The van der Waals surface area contributed by atoms with Crippen LogP contribution in [0.5, 0.6) is 5.75 Å². The Morgan fingerprint density at radius 3 is 2.58 bits per heavy atom. The SMILES string of the molecule is CCc1nn([C@H](CC)C(=O)NCc2ccc(OC)cc2)c(=O)c2cc3oc(C)cc3n12. The number of fused-ring (bicyclic) bond motifs is 3. The van der Waals surface area contributed by atoms with Crippen molar-refractivity contribution >= 4 is 22.5 Å². The summed E-state index contributed by atoms with van der Waals surface area (Å²) in [7, 11) is 1.61. The highest BCUT2D eigenvalue weighted by Gasteiger charge is 2.24. The van der Waals surface area contributed by atoms with Crippen molar-refractivity contribution in [1.82, 2.24) is 19.5 Å². The Hall–Kier alpha value is -3.55. The summed E-state index contributed by atoms with van der Waals surface area (Å²) in [6.07, 6.45) is 1.05. The van der Waals surface area contributed by atoms with Crippen molar-refractivity contribution in [1.29, 1.82) is 0 Å². The number of hydrogen-bond acceptors (Lipinski definition) is 5. The van der Waals surface area contributed by atoms with Crippen LogP contribution in [0.3, 0.4) is 0 Å². The van der Waals surface area contributed by atoms with E-state index in [4.69, 9.17) is 9.15 Å². The first-order chi connectivity index (χ1) is 15.0. The zero-order valence-electron chi connectivity index (χ0n) is 18.1. The van der Waals surface area contributed by atoms with Crippen molar-refractivity contribution in [2.45, 2.75) is 46.2 Å². The zero-order valence-corrected chi connectivity index (χ0v) is 18.1. The number of nitrogens with one attached hydrogen (secondary N) is 1. The van der Waals surface area contributed by atoms with Gasteiger partial charge in [0.15, 0.2) is 5.58 Å². The quantitative estimate of drug-likeness (QED) is 0.493. The molecule has 0 saturated heterocycles. The van der Waals surface area contributed by atoms with E-state index in [-0.39, 0.29) is 11.5 Å². The molecule has 1 aromatic carbocycles. The number of benzene rings is 1. The lowest BCUT2D eigenvalue weighted by molar-refractivity contribution is -0.125. The Morgan fingerprint density at radius 1 is 1.19 bits per heavy atom. The summed E-state index contributed by atoms with van der Waals surface area (Å²) in [4.78, 5) is 26.2. The van der Waals surface area contributed by atoms with Crippen LogP contribution in [0.1, 0.15) is 43.5 Å². The molecular weight excluding hydrogens is 396 g/mol. The van der Waals surface area contributed by atoms with Gasteiger partial charge in [0.05, 0.1) is 12.6 Å². The second kappa shape index (κ2) is 8.29. The number of amides is 1. The van der Waals surface area contributed by atoms with Gasteiger partial charge in [0.2, 0.25) is 5.91 Å². The van der Waals surface area contributed by atoms with Crippen LogP contribution in [0, 0.1) is 6.92 Å². The van der Waals surface area contributed by atoms with E-state index in [9.17, 15) is 9.59 Å². The fraction of sp³-hybridized carbons (Fsp3) is 0.348. The number of nitrogens with zero attached hydrogens (tertiary/aromatic N) is 3. The highest BCUT2D eigenvalue weighted by molar-refractivity contribution is 5.84. The third-order valence-electron chi connectivity index (χ3n) is 5.45. The lowest BCUT2D eigenvalue weighted by Gasteiger charge is -2.18. The summed E-state index contributed by atoms with van der Waals surface area (Å²) in [5.74, 6) is 1.98. The highest BCUT2D eigenvalue weighted by atomic mass is 16.5. The second-order valence-electron chi connectivity index (χ2n) is 7.48. The average Bonchev–Trinajstić information content (AvgIpc) is 3.31. The molecule has 4 rings (SSSR count). The molecular formula is C23H26N4O4. The van der Waals surface area contributed by atoms with E-state index >= 15 is 0 Å². The molecule has 1 amide bonds. The van der Waals surface area contributed by atoms with Crippen molar-refractivity contribution in [2.75, 3.05) is 7.11 Å². The summed E-state index contributed by atoms with van der Waals surface area (Å²) < 4.78 is 14.0. The van der Waals surface area contributed by atoms with Crippen LogP contribution < -0.4 is 15.6 Å².